The SMILES string of the molecule is CCCCCCCN(CCc1ccc(C[C@@H](SCc2ccccc2)C(=O)O)cc1)C(=O)Nc1ccc(C(C)C)cc1. The lowest BCUT2D eigenvalue weighted by atomic mass is 10.0. The van der Waals surface area contributed by atoms with Gasteiger partial charge in [-0.1, -0.05) is 113 Å². The molecule has 1 atom stereocenters. The molecule has 0 aliphatic carbocycles. The molecule has 0 aromatic heterocycles. The minimum absolute atomic E-state index is 0.0610. The fourth-order valence-electron chi connectivity index (χ4n) is 4.68. The Hall–Kier alpha value is -3.25. The van der Waals surface area contributed by atoms with Crippen LogP contribution in [0.3, 0.4) is 0 Å². The Morgan fingerprint density at radius 1 is 0.805 bits per heavy atom. The van der Waals surface area contributed by atoms with Gasteiger partial charge in [-0.25, -0.2) is 4.79 Å². The van der Waals surface area contributed by atoms with E-state index >= 15 is 0 Å². The van der Waals surface area contributed by atoms with Crippen LogP contribution < -0.4 is 5.32 Å². The molecule has 220 valence electrons. The lowest BCUT2D eigenvalue weighted by Gasteiger charge is -2.23. The van der Waals surface area contributed by atoms with E-state index in [1.165, 1.54) is 36.6 Å². The van der Waals surface area contributed by atoms with Gasteiger partial charge in [0.25, 0.3) is 0 Å². The summed E-state index contributed by atoms with van der Waals surface area (Å²) in [7, 11) is 0. The molecule has 0 radical (unpaired) electrons. The minimum atomic E-state index is -0.783. The van der Waals surface area contributed by atoms with E-state index in [0.717, 1.165) is 48.2 Å². The summed E-state index contributed by atoms with van der Waals surface area (Å²) < 4.78 is 0. The summed E-state index contributed by atoms with van der Waals surface area (Å²) in [5, 5.41) is 12.4. The van der Waals surface area contributed by atoms with Crippen LogP contribution in [-0.4, -0.2) is 40.3 Å². The van der Waals surface area contributed by atoms with Crippen LogP contribution in [0.5, 0.6) is 0 Å². The van der Waals surface area contributed by atoms with Gasteiger partial charge >= 0.3 is 12.0 Å². The molecule has 0 aliphatic heterocycles. The largest absolute Gasteiger partial charge is 0.480 e. The van der Waals surface area contributed by atoms with Gasteiger partial charge in [-0.15, -0.1) is 11.8 Å². The van der Waals surface area contributed by atoms with Crippen molar-refractivity contribution in [3.63, 3.8) is 0 Å². The van der Waals surface area contributed by atoms with E-state index < -0.39 is 11.2 Å². The number of aliphatic carboxylic acids is 1. The van der Waals surface area contributed by atoms with Crippen molar-refractivity contribution >= 4 is 29.4 Å². The van der Waals surface area contributed by atoms with E-state index in [4.69, 9.17) is 0 Å². The second-order valence-corrected chi connectivity index (χ2v) is 12.2. The Labute approximate surface area is 250 Å². The lowest BCUT2D eigenvalue weighted by molar-refractivity contribution is -0.136. The molecule has 2 N–H and O–H groups in total. The number of hydrogen-bond acceptors (Lipinski definition) is 3. The minimum Gasteiger partial charge on any atom is -0.480 e. The molecule has 3 rings (SSSR count). The number of carbonyl (C=O) groups is 2. The molecular formula is C35H46N2O3S. The first-order valence-corrected chi connectivity index (χ1v) is 16.0. The van der Waals surface area contributed by atoms with Crippen LogP contribution in [0.25, 0.3) is 0 Å². The van der Waals surface area contributed by atoms with Crippen LogP contribution in [0, 0.1) is 0 Å². The van der Waals surface area contributed by atoms with Crippen molar-refractivity contribution in [2.24, 2.45) is 0 Å². The monoisotopic (exact) mass is 574 g/mol. The summed E-state index contributed by atoms with van der Waals surface area (Å²) in [6.07, 6.45) is 6.98. The number of urea groups is 1. The molecule has 0 bridgehead atoms. The molecular weight excluding hydrogens is 528 g/mol. The van der Waals surface area contributed by atoms with E-state index in [2.05, 4.69) is 50.4 Å². The summed E-state index contributed by atoms with van der Waals surface area (Å²) in [5.41, 5.74) is 5.35. The number of nitrogens with zero attached hydrogens (tertiary/aromatic N) is 1. The first-order chi connectivity index (χ1) is 19.9. The topological polar surface area (TPSA) is 69.6 Å². The van der Waals surface area contributed by atoms with Gasteiger partial charge in [0.05, 0.1) is 0 Å². The third-order valence-corrected chi connectivity index (χ3v) is 8.60. The maximum absolute atomic E-state index is 13.2. The number of carboxylic acid groups (broad SMARTS) is 1. The summed E-state index contributed by atoms with van der Waals surface area (Å²) in [5.74, 6) is 0.344. The number of benzene rings is 3. The third kappa shape index (κ3) is 11.6. The Morgan fingerprint density at radius 3 is 2.10 bits per heavy atom. The van der Waals surface area contributed by atoms with Crippen molar-refractivity contribution in [2.75, 3.05) is 18.4 Å². The Morgan fingerprint density at radius 2 is 1.46 bits per heavy atom. The number of anilines is 1. The molecule has 0 unspecified atom stereocenters. The molecule has 2 amide bonds. The first kappa shape index (κ1) is 32.3. The summed E-state index contributed by atoms with van der Waals surface area (Å²) in [6, 6.07) is 26.2. The molecule has 3 aromatic rings. The quantitative estimate of drug-likeness (QED) is 0.158. The van der Waals surface area contributed by atoms with Crippen molar-refractivity contribution in [1.29, 1.82) is 0 Å². The van der Waals surface area contributed by atoms with E-state index in [-0.39, 0.29) is 6.03 Å². The molecule has 0 fully saturated rings. The van der Waals surface area contributed by atoms with Crippen molar-refractivity contribution in [3.05, 3.63) is 101 Å². The van der Waals surface area contributed by atoms with Gasteiger partial charge < -0.3 is 15.3 Å². The second kappa shape index (κ2) is 17.5. The number of unbranched alkanes of at least 4 members (excludes halogenated alkanes) is 4. The van der Waals surface area contributed by atoms with Crippen LogP contribution in [0.15, 0.2) is 78.9 Å². The molecule has 0 spiro atoms. The number of amides is 2. The lowest BCUT2D eigenvalue weighted by Crippen LogP contribution is -2.37. The highest BCUT2D eigenvalue weighted by molar-refractivity contribution is 7.99. The molecule has 5 nitrogen and oxygen atoms in total. The smallest absolute Gasteiger partial charge is 0.321 e. The Kier molecular flexibility index (Phi) is 13.8. The molecule has 0 saturated heterocycles. The van der Waals surface area contributed by atoms with E-state index in [0.29, 0.717) is 24.6 Å². The number of nitrogens with one attached hydrogen (secondary N) is 1. The zero-order valence-corrected chi connectivity index (χ0v) is 25.7. The maximum atomic E-state index is 13.2. The predicted molar refractivity (Wildman–Crippen MR) is 173 cm³/mol. The summed E-state index contributed by atoms with van der Waals surface area (Å²) >= 11 is 1.46. The van der Waals surface area contributed by atoms with Crippen molar-refractivity contribution in [2.45, 2.75) is 82.6 Å². The summed E-state index contributed by atoms with van der Waals surface area (Å²) in [4.78, 5) is 27.1. The van der Waals surface area contributed by atoms with Crippen LogP contribution >= 0.6 is 11.8 Å². The number of rotatable bonds is 17. The predicted octanol–water partition coefficient (Wildman–Crippen LogP) is 8.79. The van der Waals surface area contributed by atoms with E-state index in [9.17, 15) is 14.7 Å². The maximum Gasteiger partial charge on any atom is 0.321 e. The number of carboxylic acids is 1. The van der Waals surface area contributed by atoms with Crippen molar-refractivity contribution in [3.8, 4) is 0 Å². The van der Waals surface area contributed by atoms with Crippen LogP contribution in [0.4, 0.5) is 10.5 Å². The van der Waals surface area contributed by atoms with E-state index in [1.54, 1.807) is 0 Å². The number of carbonyl (C=O) groups excluding carboxylic acids is 1. The second-order valence-electron chi connectivity index (χ2n) is 11.0. The van der Waals surface area contributed by atoms with Gasteiger partial charge in [0.15, 0.2) is 0 Å². The molecule has 6 heteroatoms. The van der Waals surface area contributed by atoms with Gasteiger partial charge in [0.1, 0.15) is 5.25 Å². The Balaban J connectivity index is 1.56. The first-order valence-electron chi connectivity index (χ1n) is 15.0. The van der Waals surface area contributed by atoms with Gasteiger partial charge in [-0.3, -0.25) is 4.79 Å². The third-order valence-electron chi connectivity index (χ3n) is 7.33. The van der Waals surface area contributed by atoms with Crippen LogP contribution in [0.2, 0.25) is 0 Å². The molecule has 3 aromatic carbocycles. The fourth-order valence-corrected chi connectivity index (χ4v) is 5.72. The molecule has 0 heterocycles. The average Bonchev–Trinajstić information content (AvgIpc) is 2.98. The van der Waals surface area contributed by atoms with E-state index in [1.807, 2.05) is 59.5 Å². The fraction of sp³-hybridized carbons (Fsp3) is 0.429. The summed E-state index contributed by atoms with van der Waals surface area (Å²) in [6.45, 7) is 7.90. The molecule has 41 heavy (non-hydrogen) atoms. The van der Waals surface area contributed by atoms with Crippen molar-refractivity contribution in [1.82, 2.24) is 4.90 Å². The van der Waals surface area contributed by atoms with Gasteiger partial charge in [-0.2, -0.15) is 0 Å². The van der Waals surface area contributed by atoms with Crippen molar-refractivity contribution < 1.29 is 14.7 Å². The molecule has 0 saturated carbocycles. The zero-order chi connectivity index (χ0) is 29.5. The van der Waals surface area contributed by atoms with Gasteiger partial charge in [0, 0.05) is 24.5 Å². The zero-order valence-electron chi connectivity index (χ0n) is 24.9. The average molecular weight is 575 g/mol. The number of hydrogen-bond donors (Lipinski definition) is 2. The van der Waals surface area contributed by atoms with Gasteiger partial charge in [-0.05, 0) is 59.6 Å². The van der Waals surface area contributed by atoms with Gasteiger partial charge in [0.2, 0.25) is 0 Å². The molecule has 0 aliphatic rings. The van der Waals surface area contributed by atoms with Crippen LogP contribution in [0.1, 0.15) is 81.0 Å². The Bertz CT molecular complexity index is 1180. The standard InChI is InChI=1S/C35H46N2O3S/c1-4-5-6-7-11-23-37(35(40)36-32-20-18-31(19-21-32)27(2)3)24-22-28-14-16-29(17-15-28)25-33(34(38)39)41-26-30-12-9-8-10-13-30/h8-10,12-21,27,33H,4-7,11,22-26H2,1-3H3,(H,36,40)(H,38,39)/t33-/m1/s1. The van der Waals surface area contributed by atoms with Crippen LogP contribution in [-0.2, 0) is 23.4 Å². The normalized spacial score (nSPS) is 11.8. The highest BCUT2D eigenvalue weighted by atomic mass is 32.2. The highest BCUT2D eigenvalue weighted by Gasteiger charge is 2.19. The number of thioether (sulfide) groups is 1. The highest BCUT2D eigenvalue weighted by Crippen LogP contribution is 2.22.